The number of hydrogen-bond donors (Lipinski definition) is 0. The van der Waals surface area contributed by atoms with Crippen LogP contribution >= 0.6 is 0 Å². The summed E-state index contributed by atoms with van der Waals surface area (Å²) in [7, 11) is 0. The average Bonchev–Trinajstić information content (AvgIpc) is 2.04. The molecule has 0 aliphatic carbocycles. The van der Waals surface area contributed by atoms with Crippen molar-refractivity contribution in [2.75, 3.05) is 0 Å². The molecule has 0 bridgehead atoms. The lowest BCUT2D eigenvalue weighted by Gasteiger charge is -2.05. The van der Waals surface area contributed by atoms with Gasteiger partial charge in [0.1, 0.15) is 11.4 Å². The van der Waals surface area contributed by atoms with Crippen molar-refractivity contribution in [1.29, 1.82) is 0 Å². The predicted octanol–water partition coefficient (Wildman–Crippen LogP) is 1.64. The lowest BCUT2D eigenvalue weighted by Crippen LogP contribution is -2.07. The van der Waals surface area contributed by atoms with E-state index in [1.165, 1.54) is 0 Å². The minimum absolute atomic E-state index is 0.0511. The van der Waals surface area contributed by atoms with Gasteiger partial charge in [0.25, 0.3) is 6.47 Å². The number of halogens is 3. The molecular weight excluding hydrogens is 187 g/mol. The van der Waals surface area contributed by atoms with Gasteiger partial charge in [0.2, 0.25) is 0 Å². The number of carbonyl (C=O) groups excluding carboxylic acids is 1. The van der Waals surface area contributed by atoms with Crippen molar-refractivity contribution in [3.05, 3.63) is 24.0 Å². The van der Waals surface area contributed by atoms with Gasteiger partial charge < -0.3 is 4.74 Å². The van der Waals surface area contributed by atoms with Gasteiger partial charge in [-0.2, -0.15) is 13.2 Å². The largest absolute Gasteiger partial charge is 0.433 e. The lowest BCUT2D eigenvalue weighted by molar-refractivity contribution is -0.141. The molecule has 0 atom stereocenters. The second-order valence-electron chi connectivity index (χ2n) is 2.09. The van der Waals surface area contributed by atoms with Gasteiger partial charge >= 0.3 is 6.18 Å². The van der Waals surface area contributed by atoms with E-state index in [0.717, 1.165) is 12.3 Å². The molecule has 1 heterocycles. The fraction of sp³-hybridized carbons (Fsp3) is 0.143. The number of rotatable bonds is 2. The summed E-state index contributed by atoms with van der Waals surface area (Å²) in [4.78, 5) is 12.9. The van der Waals surface area contributed by atoms with Gasteiger partial charge in [-0.05, 0) is 6.07 Å². The third-order valence-corrected chi connectivity index (χ3v) is 1.21. The Kier molecular flexibility index (Phi) is 2.50. The van der Waals surface area contributed by atoms with Crippen LogP contribution in [0.2, 0.25) is 0 Å². The van der Waals surface area contributed by atoms with E-state index in [1.54, 1.807) is 0 Å². The first-order chi connectivity index (χ1) is 6.04. The van der Waals surface area contributed by atoms with E-state index in [1.807, 2.05) is 0 Å². The molecule has 1 aromatic rings. The maximum atomic E-state index is 12.0. The number of pyridine rings is 1. The van der Waals surface area contributed by atoms with Crippen LogP contribution in [0.25, 0.3) is 0 Å². The fourth-order valence-electron chi connectivity index (χ4n) is 0.695. The molecule has 0 saturated heterocycles. The normalized spacial score (nSPS) is 11.0. The molecule has 0 saturated carbocycles. The van der Waals surface area contributed by atoms with Gasteiger partial charge in [-0.25, -0.2) is 0 Å². The fourth-order valence-corrected chi connectivity index (χ4v) is 0.695. The molecule has 0 amide bonds. The second kappa shape index (κ2) is 3.42. The van der Waals surface area contributed by atoms with Crippen molar-refractivity contribution in [3.63, 3.8) is 0 Å². The predicted molar refractivity (Wildman–Crippen MR) is 35.9 cm³/mol. The van der Waals surface area contributed by atoms with Gasteiger partial charge in [-0.1, -0.05) is 0 Å². The first-order valence-corrected chi connectivity index (χ1v) is 3.17. The molecule has 0 spiro atoms. The Labute approximate surface area is 71.2 Å². The van der Waals surface area contributed by atoms with E-state index in [0.29, 0.717) is 6.07 Å². The first kappa shape index (κ1) is 9.50. The van der Waals surface area contributed by atoms with Crippen LogP contribution in [0.1, 0.15) is 5.69 Å². The standard InChI is InChI=1S/C7H4F3NO2/c8-7(9,10)6-3-5(13-4-12)1-2-11-6/h1-4H. The van der Waals surface area contributed by atoms with Gasteiger partial charge in [0.15, 0.2) is 0 Å². The van der Waals surface area contributed by atoms with Crippen LogP contribution in [0.5, 0.6) is 5.75 Å². The third kappa shape index (κ3) is 2.43. The van der Waals surface area contributed by atoms with Crippen molar-refractivity contribution >= 4 is 6.47 Å². The molecule has 0 aliphatic rings. The molecule has 0 aliphatic heterocycles. The molecule has 0 fully saturated rings. The maximum absolute atomic E-state index is 12.0. The minimum atomic E-state index is -4.53. The zero-order valence-corrected chi connectivity index (χ0v) is 6.21. The number of hydrogen-bond acceptors (Lipinski definition) is 3. The quantitative estimate of drug-likeness (QED) is 0.667. The van der Waals surface area contributed by atoms with E-state index in [-0.39, 0.29) is 12.2 Å². The van der Waals surface area contributed by atoms with Crippen molar-refractivity contribution in [2.45, 2.75) is 6.18 Å². The Morgan fingerprint density at radius 2 is 2.15 bits per heavy atom. The summed E-state index contributed by atoms with van der Waals surface area (Å²) in [6, 6.07) is 1.80. The molecule has 70 valence electrons. The zero-order valence-electron chi connectivity index (χ0n) is 6.21. The molecule has 6 heteroatoms. The average molecular weight is 191 g/mol. The number of alkyl halides is 3. The molecule has 1 rings (SSSR count). The van der Waals surface area contributed by atoms with E-state index in [9.17, 15) is 18.0 Å². The van der Waals surface area contributed by atoms with Crippen molar-refractivity contribution in [3.8, 4) is 5.75 Å². The smallest absolute Gasteiger partial charge is 0.429 e. The highest BCUT2D eigenvalue weighted by atomic mass is 19.4. The Hall–Kier alpha value is -1.59. The molecule has 0 unspecified atom stereocenters. The Morgan fingerprint density at radius 3 is 2.69 bits per heavy atom. The van der Waals surface area contributed by atoms with E-state index >= 15 is 0 Å². The molecule has 1 aromatic heterocycles. The Morgan fingerprint density at radius 1 is 1.46 bits per heavy atom. The molecule has 0 aromatic carbocycles. The molecular formula is C7H4F3NO2. The van der Waals surface area contributed by atoms with Crippen molar-refractivity contribution in [2.24, 2.45) is 0 Å². The molecule has 0 radical (unpaired) electrons. The lowest BCUT2D eigenvalue weighted by atomic mass is 10.3. The van der Waals surface area contributed by atoms with Crippen LogP contribution in [0.3, 0.4) is 0 Å². The Bertz CT molecular complexity index is 311. The van der Waals surface area contributed by atoms with E-state index in [2.05, 4.69) is 9.72 Å². The van der Waals surface area contributed by atoms with Crippen LogP contribution in [0.15, 0.2) is 18.3 Å². The second-order valence-corrected chi connectivity index (χ2v) is 2.09. The van der Waals surface area contributed by atoms with E-state index < -0.39 is 11.9 Å². The van der Waals surface area contributed by atoms with Crippen LogP contribution in [0, 0.1) is 0 Å². The SMILES string of the molecule is O=COc1ccnc(C(F)(F)F)c1. The molecule has 3 nitrogen and oxygen atoms in total. The zero-order chi connectivity index (χ0) is 9.90. The van der Waals surface area contributed by atoms with E-state index in [4.69, 9.17) is 0 Å². The third-order valence-electron chi connectivity index (χ3n) is 1.21. The summed E-state index contributed by atoms with van der Waals surface area (Å²) in [5, 5.41) is 0. The van der Waals surface area contributed by atoms with Crippen LogP contribution in [0.4, 0.5) is 13.2 Å². The summed E-state index contributed by atoms with van der Waals surface area (Å²) in [6.45, 7) is 0.0511. The summed E-state index contributed by atoms with van der Waals surface area (Å²) < 4.78 is 40.2. The van der Waals surface area contributed by atoms with Crippen LogP contribution < -0.4 is 4.74 Å². The van der Waals surface area contributed by atoms with Crippen LogP contribution in [-0.4, -0.2) is 11.5 Å². The number of carbonyl (C=O) groups is 1. The summed E-state index contributed by atoms with van der Waals surface area (Å²) in [5.74, 6) is -0.183. The topological polar surface area (TPSA) is 39.2 Å². The van der Waals surface area contributed by atoms with Gasteiger partial charge in [-0.3, -0.25) is 9.78 Å². The highest BCUT2D eigenvalue weighted by Gasteiger charge is 2.32. The van der Waals surface area contributed by atoms with Gasteiger partial charge in [0, 0.05) is 12.3 Å². The summed E-state index contributed by atoms with van der Waals surface area (Å²) in [5.41, 5.74) is -1.09. The minimum Gasteiger partial charge on any atom is -0.429 e. The van der Waals surface area contributed by atoms with Gasteiger partial charge in [-0.15, -0.1) is 0 Å². The van der Waals surface area contributed by atoms with Crippen molar-refractivity contribution in [1.82, 2.24) is 4.98 Å². The highest BCUT2D eigenvalue weighted by Crippen LogP contribution is 2.29. The first-order valence-electron chi connectivity index (χ1n) is 3.17. The van der Waals surface area contributed by atoms with Gasteiger partial charge in [0.05, 0.1) is 0 Å². The number of ether oxygens (including phenoxy) is 1. The monoisotopic (exact) mass is 191 g/mol. The summed E-state index contributed by atoms with van der Waals surface area (Å²) >= 11 is 0. The highest BCUT2D eigenvalue weighted by molar-refractivity contribution is 5.45. The van der Waals surface area contributed by atoms with Crippen LogP contribution in [-0.2, 0) is 11.0 Å². The molecule has 13 heavy (non-hydrogen) atoms. The molecule has 0 N–H and O–H groups in total. The van der Waals surface area contributed by atoms with Crippen molar-refractivity contribution < 1.29 is 22.7 Å². The number of aromatic nitrogens is 1. The number of nitrogens with zero attached hydrogens (tertiary/aromatic N) is 1. The Balaban J connectivity index is 2.98. The summed E-state index contributed by atoms with van der Waals surface area (Å²) in [6.07, 6.45) is -3.61. The maximum Gasteiger partial charge on any atom is 0.433 e.